The molecule has 1 atom stereocenters. The third-order valence-corrected chi connectivity index (χ3v) is 3.89. The van der Waals surface area contributed by atoms with Crippen LogP contribution in [0.4, 0.5) is 4.39 Å². The van der Waals surface area contributed by atoms with Crippen molar-refractivity contribution in [1.29, 1.82) is 0 Å². The standard InChI is InChI=1S/C11H14FNO4S/c1-2-8(11(14)15)7-13-18(16,17)10-5-3-4-9(12)6-10/h3-6,8,13H,2,7H2,1H3,(H,14,15). The maximum atomic E-state index is 12.9. The molecule has 0 radical (unpaired) electrons. The summed E-state index contributed by atoms with van der Waals surface area (Å²) >= 11 is 0. The van der Waals surface area contributed by atoms with E-state index in [4.69, 9.17) is 5.11 Å². The highest BCUT2D eigenvalue weighted by Crippen LogP contribution is 2.11. The molecule has 0 bridgehead atoms. The van der Waals surface area contributed by atoms with Gasteiger partial charge in [0.25, 0.3) is 0 Å². The Hall–Kier alpha value is -1.47. The van der Waals surface area contributed by atoms with Gasteiger partial charge < -0.3 is 5.11 Å². The van der Waals surface area contributed by atoms with Gasteiger partial charge in [-0.2, -0.15) is 0 Å². The first-order chi connectivity index (χ1) is 8.36. The van der Waals surface area contributed by atoms with E-state index in [1.807, 2.05) is 0 Å². The minimum Gasteiger partial charge on any atom is -0.481 e. The van der Waals surface area contributed by atoms with Crippen LogP contribution in [0, 0.1) is 11.7 Å². The summed E-state index contributed by atoms with van der Waals surface area (Å²) in [5.41, 5.74) is 0. The number of carbonyl (C=O) groups is 1. The molecule has 5 nitrogen and oxygen atoms in total. The predicted molar refractivity (Wildman–Crippen MR) is 63.0 cm³/mol. The van der Waals surface area contributed by atoms with E-state index in [2.05, 4.69) is 4.72 Å². The Morgan fingerprint density at radius 3 is 2.67 bits per heavy atom. The first-order valence-corrected chi connectivity index (χ1v) is 6.83. The average molecular weight is 275 g/mol. The Kier molecular flexibility index (Phi) is 4.80. The van der Waals surface area contributed by atoms with Crippen LogP contribution in [-0.2, 0) is 14.8 Å². The molecule has 0 aliphatic heterocycles. The number of benzene rings is 1. The van der Waals surface area contributed by atoms with Crippen molar-refractivity contribution in [2.24, 2.45) is 5.92 Å². The van der Waals surface area contributed by atoms with Gasteiger partial charge in [-0.15, -0.1) is 0 Å². The van der Waals surface area contributed by atoms with E-state index in [1.54, 1.807) is 6.92 Å². The number of hydrogen-bond donors (Lipinski definition) is 2. The molecule has 7 heteroatoms. The number of nitrogens with one attached hydrogen (secondary N) is 1. The SMILES string of the molecule is CCC(CNS(=O)(=O)c1cccc(F)c1)C(=O)O. The van der Waals surface area contributed by atoms with E-state index in [-0.39, 0.29) is 11.4 Å². The van der Waals surface area contributed by atoms with E-state index in [0.29, 0.717) is 6.42 Å². The zero-order valence-corrected chi connectivity index (χ0v) is 10.6. The zero-order chi connectivity index (χ0) is 13.8. The molecule has 0 amide bonds. The third kappa shape index (κ3) is 3.78. The summed E-state index contributed by atoms with van der Waals surface area (Å²) in [6.07, 6.45) is 0.307. The monoisotopic (exact) mass is 275 g/mol. The summed E-state index contributed by atoms with van der Waals surface area (Å²) in [6.45, 7) is 1.43. The molecule has 1 aromatic carbocycles. The van der Waals surface area contributed by atoms with Gasteiger partial charge in [0.1, 0.15) is 5.82 Å². The van der Waals surface area contributed by atoms with E-state index in [1.165, 1.54) is 12.1 Å². The summed E-state index contributed by atoms with van der Waals surface area (Å²) in [7, 11) is -3.87. The highest BCUT2D eigenvalue weighted by molar-refractivity contribution is 7.89. The quantitative estimate of drug-likeness (QED) is 0.817. The Morgan fingerprint density at radius 1 is 1.50 bits per heavy atom. The smallest absolute Gasteiger partial charge is 0.307 e. The molecule has 18 heavy (non-hydrogen) atoms. The molecule has 1 rings (SSSR count). The van der Waals surface area contributed by atoms with Crippen molar-refractivity contribution in [1.82, 2.24) is 4.72 Å². The van der Waals surface area contributed by atoms with Crippen molar-refractivity contribution in [3.8, 4) is 0 Å². The fourth-order valence-corrected chi connectivity index (χ4v) is 2.45. The van der Waals surface area contributed by atoms with Gasteiger partial charge in [-0.05, 0) is 24.6 Å². The van der Waals surface area contributed by atoms with Gasteiger partial charge in [-0.3, -0.25) is 4.79 Å². The number of halogens is 1. The molecular weight excluding hydrogens is 261 g/mol. The molecule has 1 aromatic rings. The van der Waals surface area contributed by atoms with Crippen molar-refractivity contribution in [3.05, 3.63) is 30.1 Å². The molecule has 0 saturated heterocycles. The van der Waals surface area contributed by atoms with E-state index in [9.17, 15) is 17.6 Å². The molecule has 0 aliphatic rings. The summed E-state index contributed by atoms with van der Waals surface area (Å²) in [5, 5.41) is 8.79. The maximum absolute atomic E-state index is 12.9. The van der Waals surface area contributed by atoms with Gasteiger partial charge >= 0.3 is 5.97 Å². The lowest BCUT2D eigenvalue weighted by Gasteiger charge is -2.11. The second-order valence-corrected chi connectivity index (χ2v) is 5.52. The lowest BCUT2D eigenvalue weighted by Crippen LogP contribution is -2.32. The molecule has 1 unspecified atom stereocenters. The maximum Gasteiger partial charge on any atom is 0.307 e. The highest BCUT2D eigenvalue weighted by atomic mass is 32.2. The van der Waals surface area contributed by atoms with Gasteiger partial charge in [0.05, 0.1) is 10.8 Å². The zero-order valence-electron chi connectivity index (χ0n) is 9.76. The molecule has 0 aromatic heterocycles. The van der Waals surface area contributed by atoms with Crippen LogP contribution in [0.5, 0.6) is 0 Å². The van der Waals surface area contributed by atoms with Gasteiger partial charge in [-0.1, -0.05) is 13.0 Å². The van der Waals surface area contributed by atoms with Crippen LogP contribution in [-0.4, -0.2) is 26.0 Å². The Morgan fingerprint density at radius 2 is 2.17 bits per heavy atom. The van der Waals surface area contributed by atoms with E-state index >= 15 is 0 Å². The molecule has 0 saturated carbocycles. The Balaban J connectivity index is 2.80. The minimum atomic E-state index is -3.87. The number of carboxylic acid groups (broad SMARTS) is 1. The second-order valence-electron chi connectivity index (χ2n) is 3.75. The molecule has 0 fully saturated rings. The molecular formula is C11H14FNO4S. The van der Waals surface area contributed by atoms with Crippen molar-refractivity contribution in [2.75, 3.05) is 6.54 Å². The molecule has 0 spiro atoms. The lowest BCUT2D eigenvalue weighted by atomic mass is 10.1. The second kappa shape index (κ2) is 5.92. The first kappa shape index (κ1) is 14.6. The van der Waals surface area contributed by atoms with Crippen LogP contribution in [0.3, 0.4) is 0 Å². The third-order valence-electron chi connectivity index (χ3n) is 2.47. The van der Waals surface area contributed by atoms with E-state index < -0.39 is 27.7 Å². The topological polar surface area (TPSA) is 83.5 Å². The minimum absolute atomic E-state index is 0.218. The summed E-state index contributed by atoms with van der Waals surface area (Å²) in [5.74, 6) is -2.53. The van der Waals surface area contributed by atoms with Crippen molar-refractivity contribution in [2.45, 2.75) is 18.2 Å². The number of aliphatic carboxylic acids is 1. The van der Waals surface area contributed by atoms with Gasteiger partial charge in [0.15, 0.2) is 0 Å². The fourth-order valence-electron chi connectivity index (χ4n) is 1.33. The van der Waals surface area contributed by atoms with Gasteiger partial charge in [0.2, 0.25) is 10.0 Å². The molecule has 0 heterocycles. The highest BCUT2D eigenvalue weighted by Gasteiger charge is 2.20. The summed E-state index contributed by atoms with van der Waals surface area (Å²) in [4.78, 5) is 10.5. The fraction of sp³-hybridized carbons (Fsp3) is 0.364. The van der Waals surface area contributed by atoms with Crippen LogP contribution >= 0.6 is 0 Å². The number of sulfonamides is 1. The molecule has 0 aliphatic carbocycles. The Labute approximate surface area is 105 Å². The van der Waals surface area contributed by atoms with Crippen LogP contribution in [0.1, 0.15) is 13.3 Å². The van der Waals surface area contributed by atoms with Crippen LogP contribution in [0.2, 0.25) is 0 Å². The van der Waals surface area contributed by atoms with E-state index in [0.717, 1.165) is 12.1 Å². The first-order valence-electron chi connectivity index (χ1n) is 5.35. The number of rotatable bonds is 6. The normalized spacial score (nSPS) is 13.2. The summed E-state index contributed by atoms with van der Waals surface area (Å²) in [6, 6.07) is 4.53. The van der Waals surface area contributed by atoms with Crippen molar-refractivity contribution in [3.63, 3.8) is 0 Å². The lowest BCUT2D eigenvalue weighted by molar-refractivity contribution is -0.141. The predicted octanol–water partition coefficient (Wildman–Crippen LogP) is 1.21. The van der Waals surface area contributed by atoms with Crippen LogP contribution in [0.15, 0.2) is 29.2 Å². The largest absolute Gasteiger partial charge is 0.481 e. The van der Waals surface area contributed by atoms with Gasteiger partial charge in [0, 0.05) is 6.54 Å². The van der Waals surface area contributed by atoms with Gasteiger partial charge in [-0.25, -0.2) is 17.5 Å². The average Bonchev–Trinajstić information content (AvgIpc) is 2.29. The van der Waals surface area contributed by atoms with Crippen LogP contribution < -0.4 is 4.72 Å². The Bertz CT molecular complexity index is 530. The number of hydrogen-bond acceptors (Lipinski definition) is 3. The number of carboxylic acids is 1. The molecule has 2 N–H and O–H groups in total. The van der Waals surface area contributed by atoms with Crippen LogP contribution in [0.25, 0.3) is 0 Å². The van der Waals surface area contributed by atoms with Crippen molar-refractivity contribution < 1.29 is 22.7 Å². The molecule has 100 valence electrons. The van der Waals surface area contributed by atoms with Crippen molar-refractivity contribution >= 4 is 16.0 Å². The summed E-state index contributed by atoms with van der Waals surface area (Å²) < 4.78 is 38.6.